The van der Waals surface area contributed by atoms with Crippen LogP contribution in [0, 0.1) is 0 Å². The molecule has 0 fully saturated rings. The third-order valence-corrected chi connectivity index (χ3v) is 5.75. The molecule has 0 radical (unpaired) electrons. The first kappa shape index (κ1) is 16.5. The Morgan fingerprint density at radius 3 is 2.76 bits per heavy atom. The van der Waals surface area contributed by atoms with Crippen molar-refractivity contribution < 1.29 is 0 Å². The minimum atomic E-state index is -0.214. The highest BCUT2D eigenvalue weighted by Gasteiger charge is 2.09. The molecule has 0 saturated carbocycles. The number of nitrogens with zero attached hydrogens (tertiary/aromatic N) is 3. The summed E-state index contributed by atoms with van der Waals surface area (Å²) < 4.78 is 1.84. The van der Waals surface area contributed by atoms with Gasteiger partial charge in [0.1, 0.15) is 0 Å². The van der Waals surface area contributed by atoms with Crippen molar-refractivity contribution in [1.82, 2.24) is 14.6 Å². The van der Waals surface area contributed by atoms with Gasteiger partial charge < -0.3 is 0 Å². The van der Waals surface area contributed by atoms with Crippen LogP contribution in [0.15, 0.2) is 40.5 Å². The summed E-state index contributed by atoms with van der Waals surface area (Å²) in [5, 5.41) is 7.30. The molecular formula is C17H9Cl2N3OS2. The van der Waals surface area contributed by atoms with E-state index in [2.05, 4.69) is 10.1 Å². The lowest BCUT2D eigenvalue weighted by Crippen LogP contribution is -2.23. The van der Waals surface area contributed by atoms with Crippen LogP contribution in [-0.4, -0.2) is 14.6 Å². The van der Waals surface area contributed by atoms with Gasteiger partial charge in [-0.05, 0) is 47.4 Å². The summed E-state index contributed by atoms with van der Waals surface area (Å²) in [4.78, 5) is 18.5. The van der Waals surface area contributed by atoms with Crippen LogP contribution in [-0.2, 0) is 0 Å². The summed E-state index contributed by atoms with van der Waals surface area (Å²) in [6, 6.07) is 9.12. The second-order valence-electron chi connectivity index (χ2n) is 5.09. The number of thiazole rings is 1. The number of fused-ring (bicyclic) bond motifs is 1. The fourth-order valence-electron chi connectivity index (χ4n) is 2.22. The molecule has 4 aromatic rings. The van der Waals surface area contributed by atoms with E-state index in [9.17, 15) is 4.79 Å². The number of hydrogen-bond donors (Lipinski definition) is 0. The van der Waals surface area contributed by atoms with Gasteiger partial charge >= 0.3 is 0 Å². The molecule has 4 rings (SSSR count). The molecule has 0 spiro atoms. The van der Waals surface area contributed by atoms with Gasteiger partial charge in [0.25, 0.3) is 5.56 Å². The van der Waals surface area contributed by atoms with Crippen molar-refractivity contribution in [1.29, 1.82) is 0 Å². The van der Waals surface area contributed by atoms with E-state index >= 15 is 0 Å². The van der Waals surface area contributed by atoms with E-state index in [1.54, 1.807) is 41.7 Å². The SMILES string of the molecule is O=c1/c(=C/c2ccc(Cl)cc2Cl)sc2nc(/C=C/c3cccs3)nn12. The van der Waals surface area contributed by atoms with Gasteiger partial charge in [-0.15, -0.1) is 16.4 Å². The van der Waals surface area contributed by atoms with Crippen LogP contribution >= 0.6 is 45.9 Å². The van der Waals surface area contributed by atoms with E-state index in [1.807, 2.05) is 23.6 Å². The van der Waals surface area contributed by atoms with Crippen LogP contribution in [0.5, 0.6) is 0 Å². The van der Waals surface area contributed by atoms with E-state index in [4.69, 9.17) is 23.2 Å². The van der Waals surface area contributed by atoms with Crippen LogP contribution in [0.2, 0.25) is 10.0 Å². The molecule has 3 aromatic heterocycles. The van der Waals surface area contributed by atoms with Crippen molar-refractivity contribution in [3.63, 3.8) is 0 Å². The average molecular weight is 406 g/mol. The maximum Gasteiger partial charge on any atom is 0.291 e. The third-order valence-electron chi connectivity index (χ3n) is 3.39. The molecule has 25 heavy (non-hydrogen) atoms. The van der Waals surface area contributed by atoms with Gasteiger partial charge in [0, 0.05) is 14.9 Å². The standard InChI is InChI=1S/C17H9Cl2N3OS2/c18-11-4-3-10(13(19)9-11)8-14-16(23)22-17(25-14)20-15(21-22)6-5-12-2-1-7-24-12/h1-9H/b6-5+,14-8-. The highest BCUT2D eigenvalue weighted by molar-refractivity contribution is 7.15. The van der Waals surface area contributed by atoms with E-state index < -0.39 is 0 Å². The first-order chi connectivity index (χ1) is 12.1. The second kappa shape index (κ2) is 6.72. The van der Waals surface area contributed by atoms with Crippen LogP contribution in [0.25, 0.3) is 23.2 Å². The smallest absolute Gasteiger partial charge is 0.266 e. The molecule has 3 heterocycles. The fraction of sp³-hybridized carbons (Fsp3) is 0. The zero-order valence-corrected chi connectivity index (χ0v) is 15.7. The Balaban J connectivity index is 1.73. The van der Waals surface area contributed by atoms with E-state index in [0.29, 0.717) is 25.4 Å². The van der Waals surface area contributed by atoms with Crippen LogP contribution < -0.4 is 10.1 Å². The fourth-order valence-corrected chi connectivity index (χ4v) is 4.21. The van der Waals surface area contributed by atoms with Gasteiger partial charge in [0.05, 0.1) is 4.53 Å². The Kier molecular flexibility index (Phi) is 4.43. The predicted molar refractivity (Wildman–Crippen MR) is 106 cm³/mol. The van der Waals surface area contributed by atoms with Crippen LogP contribution in [0.1, 0.15) is 16.3 Å². The molecule has 124 valence electrons. The predicted octanol–water partition coefficient (Wildman–Crippen LogP) is 4.24. The van der Waals surface area contributed by atoms with Gasteiger partial charge in [0.2, 0.25) is 4.96 Å². The number of benzene rings is 1. The Labute approximate surface area is 160 Å². The van der Waals surface area contributed by atoms with Crippen molar-refractivity contribution in [2.24, 2.45) is 0 Å². The summed E-state index contributed by atoms with van der Waals surface area (Å²) in [5.41, 5.74) is 0.514. The van der Waals surface area contributed by atoms with Crippen molar-refractivity contribution in [3.8, 4) is 0 Å². The molecule has 0 amide bonds. The molecule has 4 nitrogen and oxygen atoms in total. The van der Waals surface area contributed by atoms with Gasteiger partial charge in [0.15, 0.2) is 5.82 Å². The van der Waals surface area contributed by atoms with Crippen LogP contribution in [0.4, 0.5) is 0 Å². The van der Waals surface area contributed by atoms with Gasteiger partial charge in [-0.3, -0.25) is 4.79 Å². The summed E-state index contributed by atoms with van der Waals surface area (Å²) in [7, 11) is 0. The lowest BCUT2D eigenvalue weighted by molar-refractivity contribution is 0.925. The van der Waals surface area contributed by atoms with E-state index in [1.165, 1.54) is 15.9 Å². The molecule has 0 aliphatic heterocycles. The first-order valence-corrected chi connectivity index (χ1v) is 9.63. The molecule has 0 aliphatic carbocycles. The maximum absolute atomic E-state index is 12.5. The van der Waals surface area contributed by atoms with Crippen LogP contribution in [0.3, 0.4) is 0 Å². The summed E-state index contributed by atoms with van der Waals surface area (Å²) in [6.45, 7) is 0. The minimum Gasteiger partial charge on any atom is -0.266 e. The lowest BCUT2D eigenvalue weighted by atomic mass is 10.2. The molecule has 0 N–H and O–H groups in total. The second-order valence-corrected chi connectivity index (χ2v) is 7.93. The number of thiophene rings is 1. The molecule has 0 aliphatic rings. The number of aromatic nitrogens is 3. The van der Waals surface area contributed by atoms with Gasteiger partial charge in [-0.25, -0.2) is 0 Å². The largest absolute Gasteiger partial charge is 0.291 e. The monoisotopic (exact) mass is 405 g/mol. The zero-order valence-electron chi connectivity index (χ0n) is 12.5. The van der Waals surface area contributed by atoms with E-state index in [0.717, 1.165) is 10.4 Å². The first-order valence-electron chi connectivity index (χ1n) is 7.18. The number of rotatable bonds is 3. The number of halogens is 2. The topological polar surface area (TPSA) is 47.3 Å². The normalized spacial score (nSPS) is 12.6. The molecule has 1 aromatic carbocycles. The van der Waals surface area contributed by atoms with E-state index in [-0.39, 0.29) is 5.56 Å². The van der Waals surface area contributed by atoms with Crippen molar-refractivity contribution in [3.05, 3.63) is 76.9 Å². The molecular weight excluding hydrogens is 397 g/mol. The van der Waals surface area contributed by atoms with Gasteiger partial charge in [-0.2, -0.15) is 9.50 Å². The molecule has 0 bridgehead atoms. The van der Waals surface area contributed by atoms with Crippen molar-refractivity contribution in [2.75, 3.05) is 0 Å². The third kappa shape index (κ3) is 3.39. The van der Waals surface area contributed by atoms with Crippen molar-refractivity contribution >= 4 is 69.1 Å². The highest BCUT2D eigenvalue weighted by atomic mass is 35.5. The lowest BCUT2D eigenvalue weighted by Gasteiger charge is -1.97. The number of hydrogen-bond acceptors (Lipinski definition) is 5. The molecule has 0 saturated heterocycles. The molecule has 0 unspecified atom stereocenters. The average Bonchev–Trinajstić information content (AvgIpc) is 3.28. The molecule has 8 heteroatoms. The van der Waals surface area contributed by atoms with Gasteiger partial charge in [-0.1, -0.05) is 46.7 Å². The Morgan fingerprint density at radius 1 is 1.16 bits per heavy atom. The zero-order chi connectivity index (χ0) is 17.4. The van der Waals surface area contributed by atoms with Crippen molar-refractivity contribution in [2.45, 2.75) is 0 Å². The maximum atomic E-state index is 12.5. The highest BCUT2D eigenvalue weighted by Crippen LogP contribution is 2.21. The summed E-state index contributed by atoms with van der Waals surface area (Å²) >= 11 is 15.0. The minimum absolute atomic E-state index is 0.214. The molecule has 0 atom stereocenters. The summed E-state index contributed by atoms with van der Waals surface area (Å²) in [5.74, 6) is 0.507. The summed E-state index contributed by atoms with van der Waals surface area (Å²) in [6.07, 6.45) is 5.45. The Hall–Kier alpha value is -1.99. The Bertz CT molecular complexity index is 1190. The quantitative estimate of drug-likeness (QED) is 0.512. The Morgan fingerprint density at radius 2 is 2.04 bits per heavy atom.